The Balaban J connectivity index is 1.65. The van der Waals surface area contributed by atoms with Gasteiger partial charge in [0, 0.05) is 24.7 Å². The van der Waals surface area contributed by atoms with Crippen LogP contribution in [-0.2, 0) is 32.5 Å². The van der Waals surface area contributed by atoms with Crippen molar-refractivity contribution in [3.05, 3.63) is 41.0 Å². The van der Waals surface area contributed by atoms with Crippen molar-refractivity contribution in [2.75, 3.05) is 19.8 Å². The summed E-state index contributed by atoms with van der Waals surface area (Å²) in [5.41, 5.74) is 1.82. The Morgan fingerprint density at radius 3 is 2.67 bits per heavy atom. The Bertz CT molecular complexity index is 1290. The first-order valence-corrected chi connectivity index (χ1v) is 14.6. The number of halogens is 3. The largest absolute Gasteiger partial charge is 0.484 e. The number of rotatable bonds is 9. The molecule has 2 aromatic rings. The fourth-order valence-electron chi connectivity index (χ4n) is 5.01. The van der Waals surface area contributed by atoms with Gasteiger partial charge in [-0.3, -0.25) is 14.0 Å². The van der Waals surface area contributed by atoms with Gasteiger partial charge in [-0.1, -0.05) is 25.3 Å². The molecule has 0 unspecified atom stereocenters. The number of alkyl halides is 3. The van der Waals surface area contributed by atoms with Crippen molar-refractivity contribution in [2.24, 2.45) is 0 Å². The standard InChI is InChI=1S/C27H33F3N4O5S/c1-18-22(31-13-12-24(18)39-17-27(28,29)30)16-40(37)25-32-21-10-6-7-11-23(21)34(25)26(36)33(14-15-38-19(2)35)20-8-4-3-5-9-20/h7,11-13,20H,3-6,8-10,14-17H2,1-2H3/t40-/m1/s1. The van der Waals surface area contributed by atoms with Gasteiger partial charge in [0.15, 0.2) is 6.61 Å². The van der Waals surface area contributed by atoms with Gasteiger partial charge in [-0.15, -0.1) is 0 Å². The van der Waals surface area contributed by atoms with Crippen LogP contribution in [0, 0.1) is 6.92 Å². The van der Waals surface area contributed by atoms with E-state index in [2.05, 4.69) is 9.97 Å². The minimum atomic E-state index is -4.50. The molecule has 0 N–H and O–H groups in total. The van der Waals surface area contributed by atoms with Crippen LogP contribution in [0.25, 0.3) is 6.08 Å². The summed E-state index contributed by atoms with van der Waals surface area (Å²) in [6.45, 7) is 1.63. The highest BCUT2D eigenvalue weighted by Crippen LogP contribution is 2.29. The van der Waals surface area contributed by atoms with Gasteiger partial charge in [0.25, 0.3) is 0 Å². The molecule has 0 bridgehead atoms. The second-order valence-corrected chi connectivity index (χ2v) is 11.2. The number of aromatic nitrogens is 3. The highest BCUT2D eigenvalue weighted by Gasteiger charge is 2.33. The zero-order valence-corrected chi connectivity index (χ0v) is 23.4. The molecule has 13 heteroatoms. The van der Waals surface area contributed by atoms with Crippen molar-refractivity contribution in [3.63, 3.8) is 0 Å². The predicted octanol–water partition coefficient (Wildman–Crippen LogP) is 4.96. The second-order valence-electron chi connectivity index (χ2n) is 9.89. The number of nitrogens with zero attached hydrogens (tertiary/aromatic N) is 4. The molecule has 0 saturated heterocycles. The summed E-state index contributed by atoms with van der Waals surface area (Å²) in [4.78, 5) is 36.0. The van der Waals surface area contributed by atoms with E-state index in [-0.39, 0.29) is 41.5 Å². The molecule has 1 saturated carbocycles. The van der Waals surface area contributed by atoms with Crippen LogP contribution in [0.2, 0.25) is 0 Å². The Morgan fingerprint density at radius 2 is 1.98 bits per heavy atom. The lowest BCUT2D eigenvalue weighted by Gasteiger charge is -2.34. The highest BCUT2D eigenvalue weighted by atomic mass is 32.2. The van der Waals surface area contributed by atoms with Crippen LogP contribution in [-0.4, -0.2) is 67.6 Å². The fraction of sp³-hybridized carbons (Fsp3) is 0.556. The average Bonchev–Trinajstić information content (AvgIpc) is 3.31. The number of amides is 1. The minimum absolute atomic E-state index is 0.00471. The molecule has 1 atom stereocenters. The number of fused-ring (bicyclic) bond motifs is 1. The molecule has 40 heavy (non-hydrogen) atoms. The van der Waals surface area contributed by atoms with Gasteiger partial charge in [0.05, 0.1) is 40.2 Å². The summed E-state index contributed by atoms with van der Waals surface area (Å²) in [6, 6.07) is 0.872. The van der Waals surface area contributed by atoms with E-state index < -0.39 is 35.6 Å². The lowest BCUT2D eigenvalue weighted by Crippen LogP contribution is -2.46. The summed E-state index contributed by atoms with van der Waals surface area (Å²) < 4.78 is 63.2. The van der Waals surface area contributed by atoms with Crippen LogP contribution in [0.3, 0.4) is 0 Å². The number of imidazole rings is 1. The number of aryl methyl sites for hydroxylation is 1. The number of hydrogen-bond donors (Lipinski definition) is 0. The van der Waals surface area contributed by atoms with Crippen LogP contribution in [0.4, 0.5) is 18.0 Å². The lowest BCUT2D eigenvalue weighted by atomic mass is 9.94. The quantitative estimate of drug-likeness (QED) is 0.385. The SMILES string of the molecule is CC(=O)OCCN(C(=O)n1c([S@](=O)Cc2nccc(OCC(F)(F)F)c2C)nc2c1C=CCC2)C1CCCCC1. The van der Waals surface area contributed by atoms with Gasteiger partial charge in [0.2, 0.25) is 5.16 Å². The van der Waals surface area contributed by atoms with E-state index >= 15 is 0 Å². The van der Waals surface area contributed by atoms with Crippen molar-refractivity contribution >= 4 is 28.9 Å². The second kappa shape index (κ2) is 13.0. The topological polar surface area (TPSA) is 104 Å². The van der Waals surface area contributed by atoms with E-state index in [1.54, 1.807) is 17.9 Å². The van der Waals surface area contributed by atoms with Crippen molar-refractivity contribution in [1.29, 1.82) is 0 Å². The van der Waals surface area contributed by atoms with E-state index in [9.17, 15) is 27.0 Å². The molecule has 1 amide bonds. The molecular weight excluding hydrogens is 549 g/mol. The maximum Gasteiger partial charge on any atom is 0.422 e. The van der Waals surface area contributed by atoms with Gasteiger partial charge < -0.3 is 14.4 Å². The zero-order chi connectivity index (χ0) is 28.9. The Hall–Kier alpha value is -3.22. The maximum atomic E-state index is 14.1. The highest BCUT2D eigenvalue weighted by molar-refractivity contribution is 7.84. The molecule has 0 aliphatic heterocycles. The number of hydrogen-bond acceptors (Lipinski definition) is 7. The van der Waals surface area contributed by atoms with Crippen molar-refractivity contribution in [2.45, 2.75) is 81.9 Å². The fourth-order valence-corrected chi connectivity index (χ4v) is 6.28. The third-order valence-corrected chi connectivity index (χ3v) is 8.21. The first-order valence-electron chi connectivity index (χ1n) is 13.3. The summed E-state index contributed by atoms with van der Waals surface area (Å²) >= 11 is 0. The Labute approximate surface area is 233 Å². The summed E-state index contributed by atoms with van der Waals surface area (Å²) in [7, 11) is -1.86. The number of esters is 1. The Kier molecular flexibility index (Phi) is 9.64. The van der Waals surface area contributed by atoms with Gasteiger partial charge in [-0.05, 0) is 44.7 Å². The molecule has 9 nitrogen and oxygen atoms in total. The minimum Gasteiger partial charge on any atom is -0.484 e. The first-order chi connectivity index (χ1) is 19.0. The van der Waals surface area contributed by atoms with Crippen LogP contribution >= 0.6 is 0 Å². The zero-order valence-electron chi connectivity index (χ0n) is 22.5. The van der Waals surface area contributed by atoms with E-state index in [1.165, 1.54) is 23.8 Å². The van der Waals surface area contributed by atoms with E-state index in [0.717, 1.165) is 38.5 Å². The normalized spacial score (nSPS) is 16.3. The first kappa shape index (κ1) is 29.8. The predicted molar refractivity (Wildman–Crippen MR) is 141 cm³/mol. The molecule has 2 heterocycles. The number of ether oxygens (including phenoxy) is 2. The van der Waals surface area contributed by atoms with E-state index in [1.807, 2.05) is 6.08 Å². The lowest BCUT2D eigenvalue weighted by molar-refractivity contribution is -0.153. The third kappa shape index (κ3) is 7.29. The number of pyridine rings is 1. The molecule has 1 fully saturated rings. The maximum absolute atomic E-state index is 14.1. The molecule has 0 spiro atoms. The number of carbonyl (C=O) groups is 2. The van der Waals surface area contributed by atoms with Crippen LogP contribution in [0.5, 0.6) is 5.75 Å². The van der Waals surface area contributed by atoms with Gasteiger partial charge >= 0.3 is 18.2 Å². The van der Waals surface area contributed by atoms with Crippen LogP contribution < -0.4 is 4.74 Å². The molecule has 2 aromatic heterocycles. The molecule has 0 radical (unpaired) electrons. The van der Waals surface area contributed by atoms with Crippen molar-refractivity contribution in [3.8, 4) is 5.75 Å². The smallest absolute Gasteiger partial charge is 0.422 e. The number of carbonyl (C=O) groups excluding carboxylic acids is 2. The van der Waals surface area contributed by atoms with Crippen LogP contribution in [0.1, 0.15) is 68.1 Å². The molecule has 2 aliphatic carbocycles. The summed E-state index contributed by atoms with van der Waals surface area (Å²) in [6.07, 6.45) is 6.47. The average molecular weight is 583 g/mol. The summed E-state index contributed by atoms with van der Waals surface area (Å²) in [5.74, 6) is -0.612. The van der Waals surface area contributed by atoms with Crippen LogP contribution in [0.15, 0.2) is 23.5 Å². The molecule has 2 aliphatic rings. The molecule has 4 rings (SSSR count). The van der Waals surface area contributed by atoms with Gasteiger partial charge in [-0.2, -0.15) is 13.2 Å². The summed E-state index contributed by atoms with van der Waals surface area (Å²) in [5, 5.41) is 0.0534. The third-order valence-electron chi connectivity index (χ3n) is 6.99. The molecular formula is C27H33F3N4O5S. The number of allylic oxidation sites excluding steroid dienone is 1. The van der Waals surface area contributed by atoms with Crippen molar-refractivity contribution < 1.29 is 36.4 Å². The van der Waals surface area contributed by atoms with E-state index in [0.29, 0.717) is 23.4 Å². The van der Waals surface area contributed by atoms with E-state index in [4.69, 9.17) is 9.47 Å². The van der Waals surface area contributed by atoms with Gasteiger partial charge in [-0.25, -0.2) is 14.3 Å². The molecule has 218 valence electrons. The Morgan fingerprint density at radius 1 is 1.23 bits per heavy atom. The van der Waals surface area contributed by atoms with Crippen molar-refractivity contribution in [1.82, 2.24) is 19.4 Å². The monoisotopic (exact) mass is 582 g/mol. The van der Waals surface area contributed by atoms with Gasteiger partial charge in [0.1, 0.15) is 12.4 Å². The molecule has 0 aromatic carbocycles.